The van der Waals surface area contributed by atoms with Gasteiger partial charge in [-0.15, -0.1) is 0 Å². The van der Waals surface area contributed by atoms with Crippen LogP contribution in [0.15, 0.2) is 35.7 Å². The summed E-state index contributed by atoms with van der Waals surface area (Å²) in [5, 5.41) is 0.752. The topological polar surface area (TPSA) is 54.4 Å². The van der Waals surface area contributed by atoms with Crippen LogP contribution in [-0.2, 0) is 10.1 Å². The van der Waals surface area contributed by atoms with E-state index < -0.39 is 10.1 Å². The minimum atomic E-state index is -4.00. The van der Waals surface area contributed by atoms with Crippen molar-refractivity contribution in [2.45, 2.75) is 0 Å². The van der Waals surface area contributed by atoms with Crippen LogP contribution in [0.5, 0.6) is 0 Å². The van der Waals surface area contributed by atoms with Gasteiger partial charge in [-0.1, -0.05) is 30.3 Å². The fraction of sp³-hybridized carbons (Fsp3) is 0. The molecule has 0 saturated carbocycles. The van der Waals surface area contributed by atoms with Gasteiger partial charge in [0, 0.05) is 0 Å². The molecule has 0 atom stereocenters. The van der Waals surface area contributed by atoms with E-state index in [9.17, 15) is 8.42 Å². The average molecular weight is 204 g/mol. The van der Waals surface area contributed by atoms with Gasteiger partial charge in [-0.3, -0.25) is 9.26 Å². The van der Waals surface area contributed by atoms with Crippen molar-refractivity contribution in [3.63, 3.8) is 0 Å². The lowest BCUT2D eigenvalue weighted by Crippen LogP contribution is -1.88. The summed E-state index contributed by atoms with van der Waals surface area (Å²) in [5.41, 5.74) is 0.732. The number of hydrogen-bond donors (Lipinski definition) is 1. The molecule has 72 valence electrons. The lowest BCUT2D eigenvalue weighted by Gasteiger charge is -1.89. The van der Waals surface area contributed by atoms with Gasteiger partial charge in [0.15, 0.2) is 0 Å². The van der Waals surface area contributed by atoms with Crippen LogP contribution in [0, 0.1) is 0 Å². The van der Waals surface area contributed by atoms with Crippen molar-refractivity contribution in [3.05, 3.63) is 41.3 Å². The Morgan fingerprint density at radius 3 is 2.15 bits per heavy atom. The minimum absolute atomic E-state index is 0. The van der Waals surface area contributed by atoms with Gasteiger partial charge in [0.05, 0.1) is 5.41 Å². The molecule has 5 heteroatoms. The highest BCUT2D eigenvalue weighted by Crippen LogP contribution is 2.01. The molecule has 1 rings (SSSR count). The molecular formula is C8H9FO3S. The maximum absolute atomic E-state index is 10.3. The van der Waals surface area contributed by atoms with E-state index in [0.717, 1.165) is 11.0 Å². The van der Waals surface area contributed by atoms with Gasteiger partial charge in [-0.2, -0.15) is 8.42 Å². The highest BCUT2D eigenvalue weighted by atomic mass is 32.2. The van der Waals surface area contributed by atoms with Gasteiger partial charge < -0.3 is 0 Å². The summed E-state index contributed by atoms with van der Waals surface area (Å²) >= 11 is 0. The Kier molecular flexibility index (Phi) is 4.30. The van der Waals surface area contributed by atoms with Crippen molar-refractivity contribution in [1.29, 1.82) is 0 Å². The molecule has 3 nitrogen and oxygen atoms in total. The van der Waals surface area contributed by atoms with E-state index in [1.807, 2.05) is 6.07 Å². The van der Waals surface area contributed by atoms with E-state index in [1.54, 1.807) is 24.3 Å². The molecule has 0 aliphatic carbocycles. The Morgan fingerprint density at radius 2 is 1.69 bits per heavy atom. The molecule has 0 aromatic heterocycles. The molecule has 0 amide bonds. The molecule has 0 unspecified atom stereocenters. The number of rotatable bonds is 2. The molecule has 0 saturated heterocycles. The third kappa shape index (κ3) is 5.10. The van der Waals surface area contributed by atoms with Crippen molar-refractivity contribution >= 4 is 16.2 Å². The highest BCUT2D eigenvalue weighted by molar-refractivity contribution is 7.88. The zero-order valence-corrected chi connectivity index (χ0v) is 7.44. The van der Waals surface area contributed by atoms with Gasteiger partial charge >= 0.3 is 0 Å². The third-order valence-electron chi connectivity index (χ3n) is 1.23. The average Bonchev–Trinajstić information content (AvgIpc) is 2.02. The van der Waals surface area contributed by atoms with Crippen LogP contribution in [0.2, 0.25) is 0 Å². The van der Waals surface area contributed by atoms with Crippen LogP contribution < -0.4 is 0 Å². The number of hydrogen-bond acceptors (Lipinski definition) is 2. The van der Waals surface area contributed by atoms with Gasteiger partial charge in [-0.25, -0.2) is 0 Å². The molecular weight excluding hydrogens is 195 g/mol. The third-order valence-corrected chi connectivity index (χ3v) is 1.71. The van der Waals surface area contributed by atoms with E-state index in [0.29, 0.717) is 0 Å². The lowest BCUT2D eigenvalue weighted by molar-refractivity contribution is 0.494. The van der Waals surface area contributed by atoms with Crippen LogP contribution in [0.1, 0.15) is 5.56 Å². The zero-order chi connectivity index (χ0) is 9.03. The van der Waals surface area contributed by atoms with Gasteiger partial charge in [0.2, 0.25) is 0 Å². The predicted molar refractivity (Wildman–Crippen MR) is 49.5 cm³/mol. The second-order valence-electron chi connectivity index (χ2n) is 2.23. The number of benzene rings is 1. The Hall–Kier alpha value is -1.20. The molecule has 1 N–H and O–H groups in total. The summed E-state index contributed by atoms with van der Waals surface area (Å²) in [6, 6.07) is 8.86. The first-order valence-corrected chi connectivity index (χ1v) is 4.79. The molecule has 1 aromatic rings. The summed E-state index contributed by atoms with van der Waals surface area (Å²) in [7, 11) is -4.00. The Labute approximate surface area is 75.8 Å². The fourth-order valence-corrected chi connectivity index (χ4v) is 1.06. The van der Waals surface area contributed by atoms with Crippen molar-refractivity contribution in [2.24, 2.45) is 0 Å². The van der Waals surface area contributed by atoms with Gasteiger partial charge in [-0.05, 0) is 11.6 Å². The first kappa shape index (κ1) is 11.8. The van der Waals surface area contributed by atoms with Crippen LogP contribution in [0.3, 0.4) is 0 Å². The SMILES string of the molecule is F.O=S(=O)(O)C=Cc1ccccc1. The second kappa shape index (κ2) is 4.74. The minimum Gasteiger partial charge on any atom is -0.282 e. The van der Waals surface area contributed by atoms with Gasteiger partial charge in [0.25, 0.3) is 10.1 Å². The maximum Gasteiger partial charge on any atom is 0.287 e. The fourth-order valence-electron chi connectivity index (χ4n) is 0.729. The van der Waals surface area contributed by atoms with Crippen LogP contribution in [0.4, 0.5) is 4.70 Å². The van der Waals surface area contributed by atoms with E-state index in [1.165, 1.54) is 6.08 Å². The molecule has 0 fully saturated rings. The Balaban J connectivity index is 0.00000144. The first-order valence-electron chi connectivity index (χ1n) is 3.28. The van der Waals surface area contributed by atoms with Crippen LogP contribution in [0.25, 0.3) is 6.08 Å². The van der Waals surface area contributed by atoms with E-state index in [2.05, 4.69) is 0 Å². The highest BCUT2D eigenvalue weighted by Gasteiger charge is 1.94. The largest absolute Gasteiger partial charge is 0.287 e. The van der Waals surface area contributed by atoms with E-state index in [4.69, 9.17) is 4.55 Å². The summed E-state index contributed by atoms with van der Waals surface area (Å²) in [6.45, 7) is 0. The summed E-state index contributed by atoms with van der Waals surface area (Å²) in [6.07, 6.45) is 1.33. The monoisotopic (exact) mass is 204 g/mol. The van der Waals surface area contributed by atoms with E-state index >= 15 is 0 Å². The smallest absolute Gasteiger partial charge is 0.282 e. The molecule has 0 bridgehead atoms. The van der Waals surface area contributed by atoms with E-state index in [-0.39, 0.29) is 4.70 Å². The zero-order valence-electron chi connectivity index (χ0n) is 6.62. The molecule has 0 radical (unpaired) electrons. The standard InChI is InChI=1S/C8H8O3S.FH/c9-12(10,11)7-6-8-4-2-1-3-5-8;/h1-7H,(H,9,10,11);1H. The van der Waals surface area contributed by atoms with Gasteiger partial charge in [0.1, 0.15) is 0 Å². The Bertz CT molecular complexity index is 370. The van der Waals surface area contributed by atoms with Crippen molar-refractivity contribution < 1.29 is 17.7 Å². The Morgan fingerprint density at radius 1 is 1.15 bits per heavy atom. The summed E-state index contributed by atoms with van der Waals surface area (Å²) < 4.78 is 28.9. The van der Waals surface area contributed by atoms with Crippen molar-refractivity contribution in [2.75, 3.05) is 0 Å². The first-order chi connectivity index (χ1) is 5.58. The summed E-state index contributed by atoms with van der Waals surface area (Å²) in [5.74, 6) is 0. The lowest BCUT2D eigenvalue weighted by atomic mass is 10.2. The van der Waals surface area contributed by atoms with Crippen molar-refractivity contribution in [3.8, 4) is 0 Å². The second-order valence-corrected chi connectivity index (χ2v) is 3.53. The quantitative estimate of drug-likeness (QED) is 0.746. The van der Waals surface area contributed by atoms with Crippen LogP contribution >= 0.6 is 0 Å². The van der Waals surface area contributed by atoms with Crippen LogP contribution in [-0.4, -0.2) is 13.0 Å². The molecule has 0 aliphatic heterocycles. The summed E-state index contributed by atoms with van der Waals surface area (Å²) in [4.78, 5) is 0. The number of halogens is 1. The molecule has 0 spiro atoms. The molecule has 1 aromatic carbocycles. The van der Waals surface area contributed by atoms with Crippen molar-refractivity contribution in [1.82, 2.24) is 0 Å². The molecule has 0 aliphatic rings. The molecule has 0 heterocycles. The maximum atomic E-state index is 10.3. The predicted octanol–water partition coefficient (Wildman–Crippen LogP) is 1.70. The normalized spacial score (nSPS) is 11.2. The molecule has 13 heavy (non-hydrogen) atoms.